The molecule has 3 aliphatic rings. The summed E-state index contributed by atoms with van der Waals surface area (Å²) < 4.78 is 0. The fraction of sp³-hybridized carbons (Fsp3) is 0.320. The van der Waals surface area contributed by atoms with Crippen LogP contribution < -0.4 is 15.8 Å². The Hall–Kier alpha value is -3.41. The summed E-state index contributed by atoms with van der Waals surface area (Å²) in [7, 11) is 0. The second kappa shape index (κ2) is 8.02. The van der Waals surface area contributed by atoms with Crippen molar-refractivity contribution in [2.75, 3.05) is 5.01 Å². The van der Waals surface area contributed by atoms with E-state index in [0.717, 1.165) is 18.4 Å². The van der Waals surface area contributed by atoms with Crippen LogP contribution >= 0.6 is 0 Å². The number of allylic oxidation sites excluding steroid dienone is 2. The summed E-state index contributed by atoms with van der Waals surface area (Å²) in [6.45, 7) is 0. The van der Waals surface area contributed by atoms with Gasteiger partial charge in [-0.25, -0.2) is 5.01 Å². The van der Waals surface area contributed by atoms with Crippen molar-refractivity contribution in [2.45, 2.75) is 31.7 Å². The lowest BCUT2D eigenvalue weighted by Crippen LogP contribution is -2.59. The molecule has 6 heteroatoms. The van der Waals surface area contributed by atoms with E-state index >= 15 is 0 Å². The zero-order chi connectivity index (χ0) is 21.4. The number of rotatable bonds is 5. The average molecular weight is 415 g/mol. The van der Waals surface area contributed by atoms with Crippen LogP contribution in [0, 0.1) is 17.8 Å². The van der Waals surface area contributed by atoms with Crippen LogP contribution in [0.1, 0.15) is 47.6 Å². The van der Waals surface area contributed by atoms with Gasteiger partial charge in [0.05, 0.1) is 23.6 Å². The van der Waals surface area contributed by atoms with Crippen molar-refractivity contribution in [3.8, 4) is 0 Å². The molecular formula is C25H25N3O3. The minimum absolute atomic E-state index is 0.0246. The Labute approximate surface area is 181 Å². The quantitative estimate of drug-likeness (QED) is 0.734. The number of nitrogens with one attached hydrogen (secondary N) is 2. The smallest absolute Gasteiger partial charge is 0.251 e. The zero-order valence-corrected chi connectivity index (χ0v) is 17.2. The van der Waals surface area contributed by atoms with Crippen molar-refractivity contribution in [2.24, 2.45) is 17.8 Å². The maximum absolute atomic E-state index is 13.1. The summed E-state index contributed by atoms with van der Waals surface area (Å²) in [6.07, 6.45) is 7.27. The highest BCUT2D eigenvalue weighted by Crippen LogP contribution is 2.41. The van der Waals surface area contributed by atoms with Gasteiger partial charge in [-0.3, -0.25) is 19.8 Å². The van der Waals surface area contributed by atoms with Gasteiger partial charge in [-0.2, -0.15) is 0 Å². The minimum Gasteiger partial charge on any atom is -0.345 e. The van der Waals surface area contributed by atoms with Crippen molar-refractivity contribution in [1.29, 1.82) is 0 Å². The van der Waals surface area contributed by atoms with Crippen molar-refractivity contribution < 1.29 is 14.4 Å². The van der Waals surface area contributed by atoms with Gasteiger partial charge in [-0.15, -0.1) is 0 Å². The number of amides is 3. The molecule has 1 saturated carbocycles. The van der Waals surface area contributed by atoms with Crippen LogP contribution in [0.15, 0.2) is 66.7 Å². The molecule has 3 amide bonds. The number of carbonyl (C=O) groups is 3. The third-order valence-corrected chi connectivity index (χ3v) is 6.43. The van der Waals surface area contributed by atoms with Crippen LogP contribution in [0.2, 0.25) is 0 Å². The summed E-state index contributed by atoms with van der Waals surface area (Å²) >= 11 is 0. The third-order valence-electron chi connectivity index (χ3n) is 6.43. The lowest BCUT2D eigenvalue weighted by atomic mass is 9.80. The summed E-state index contributed by atoms with van der Waals surface area (Å²) in [5.74, 6) is -0.682. The van der Waals surface area contributed by atoms with E-state index in [0.29, 0.717) is 30.0 Å². The van der Waals surface area contributed by atoms with Gasteiger partial charge in [0.15, 0.2) is 0 Å². The molecule has 0 unspecified atom stereocenters. The zero-order valence-electron chi connectivity index (χ0n) is 17.2. The molecule has 158 valence electrons. The second-order valence-corrected chi connectivity index (χ2v) is 8.56. The Morgan fingerprint density at radius 3 is 2.45 bits per heavy atom. The molecule has 0 aromatic heterocycles. The van der Waals surface area contributed by atoms with Gasteiger partial charge in [0, 0.05) is 5.56 Å². The number of hydrazine groups is 1. The van der Waals surface area contributed by atoms with Crippen LogP contribution in [0.4, 0.5) is 5.69 Å². The first kappa shape index (κ1) is 19.5. The van der Waals surface area contributed by atoms with Gasteiger partial charge < -0.3 is 5.32 Å². The van der Waals surface area contributed by atoms with E-state index in [2.05, 4.69) is 10.7 Å². The first-order valence-electron chi connectivity index (χ1n) is 10.9. The first-order valence-corrected chi connectivity index (χ1v) is 10.9. The number of anilines is 1. The van der Waals surface area contributed by atoms with Crippen LogP contribution in [0.3, 0.4) is 0 Å². The SMILES string of the molecule is O=C(N[C@H](c1ccccc1)C1CC1)c1cccc(N2NC(=O)[C@H]3CC=CC[C@@H]3C2=O)c1. The molecule has 2 fully saturated rings. The van der Waals surface area contributed by atoms with E-state index in [9.17, 15) is 14.4 Å². The maximum atomic E-state index is 13.1. The molecule has 1 saturated heterocycles. The molecule has 2 N–H and O–H groups in total. The van der Waals surface area contributed by atoms with Gasteiger partial charge in [-0.1, -0.05) is 48.6 Å². The highest BCUT2D eigenvalue weighted by atomic mass is 16.2. The van der Waals surface area contributed by atoms with Crippen molar-refractivity contribution >= 4 is 23.4 Å². The predicted octanol–water partition coefficient (Wildman–Crippen LogP) is 3.53. The maximum Gasteiger partial charge on any atom is 0.251 e. The normalized spacial score (nSPS) is 23.7. The Morgan fingerprint density at radius 2 is 1.71 bits per heavy atom. The van der Waals surface area contributed by atoms with E-state index < -0.39 is 0 Å². The Bertz CT molecular complexity index is 1040. The first-order chi connectivity index (χ1) is 15.1. The molecule has 2 aliphatic carbocycles. The highest BCUT2D eigenvalue weighted by molar-refractivity contribution is 6.05. The van der Waals surface area contributed by atoms with Crippen molar-refractivity contribution in [3.63, 3.8) is 0 Å². The number of hydrogen-bond donors (Lipinski definition) is 2. The monoisotopic (exact) mass is 415 g/mol. The third kappa shape index (κ3) is 3.85. The minimum atomic E-state index is -0.353. The van der Waals surface area contributed by atoms with Gasteiger partial charge in [0.2, 0.25) is 11.8 Å². The van der Waals surface area contributed by atoms with Crippen molar-refractivity contribution in [1.82, 2.24) is 10.7 Å². The standard InChI is InChI=1S/C25H25N3O3/c29-23(26-22(17-13-14-17)16-7-2-1-3-8-16)18-9-6-10-19(15-18)28-25(31)21-12-5-4-11-20(21)24(30)27-28/h1-10,15,17,20-22H,11-14H2,(H,26,29)(H,27,30)/t20-,21-,22+/m0/s1. The van der Waals surface area contributed by atoms with Crippen LogP contribution in [-0.4, -0.2) is 17.7 Å². The summed E-state index contributed by atoms with van der Waals surface area (Å²) in [6, 6.07) is 16.9. The van der Waals surface area contributed by atoms with Crippen LogP contribution in [0.25, 0.3) is 0 Å². The molecule has 1 heterocycles. The molecule has 5 rings (SSSR count). The topological polar surface area (TPSA) is 78.5 Å². The van der Waals surface area contributed by atoms with Crippen molar-refractivity contribution in [3.05, 3.63) is 77.9 Å². The molecule has 3 atom stereocenters. The summed E-state index contributed by atoms with van der Waals surface area (Å²) in [4.78, 5) is 38.6. The Kier molecular flexibility index (Phi) is 5.06. The summed E-state index contributed by atoms with van der Waals surface area (Å²) in [5, 5.41) is 4.47. The van der Waals surface area contributed by atoms with E-state index in [1.54, 1.807) is 24.3 Å². The number of fused-ring (bicyclic) bond motifs is 1. The Balaban J connectivity index is 1.36. The molecule has 0 spiro atoms. The van der Waals surface area contributed by atoms with Gasteiger partial charge in [0.25, 0.3) is 5.91 Å². The van der Waals surface area contributed by atoms with Gasteiger partial charge in [0.1, 0.15) is 0 Å². The average Bonchev–Trinajstić information content (AvgIpc) is 3.66. The van der Waals surface area contributed by atoms with Crippen LogP contribution in [-0.2, 0) is 9.59 Å². The lowest BCUT2D eigenvalue weighted by molar-refractivity contribution is -0.139. The molecule has 0 bridgehead atoms. The number of benzene rings is 2. The largest absolute Gasteiger partial charge is 0.345 e. The van der Waals surface area contributed by atoms with E-state index in [1.807, 2.05) is 42.5 Å². The van der Waals surface area contributed by atoms with E-state index in [1.165, 1.54) is 5.01 Å². The number of carbonyl (C=O) groups excluding carboxylic acids is 3. The fourth-order valence-electron chi connectivity index (χ4n) is 4.56. The lowest BCUT2D eigenvalue weighted by Gasteiger charge is -2.38. The molecule has 2 aromatic rings. The molecule has 0 radical (unpaired) electrons. The highest BCUT2D eigenvalue weighted by Gasteiger charge is 2.42. The molecule has 31 heavy (non-hydrogen) atoms. The van der Waals surface area contributed by atoms with Gasteiger partial charge in [-0.05, 0) is 55.4 Å². The second-order valence-electron chi connectivity index (χ2n) is 8.56. The van der Waals surface area contributed by atoms with E-state index in [-0.39, 0.29) is 35.6 Å². The Morgan fingerprint density at radius 1 is 0.968 bits per heavy atom. The summed E-state index contributed by atoms with van der Waals surface area (Å²) in [5.41, 5.74) is 4.79. The van der Waals surface area contributed by atoms with Gasteiger partial charge >= 0.3 is 0 Å². The number of hydrogen-bond acceptors (Lipinski definition) is 3. The molecular weight excluding hydrogens is 390 g/mol. The molecule has 2 aromatic carbocycles. The fourth-order valence-corrected chi connectivity index (χ4v) is 4.56. The predicted molar refractivity (Wildman–Crippen MR) is 117 cm³/mol. The molecule has 1 aliphatic heterocycles. The van der Waals surface area contributed by atoms with E-state index in [4.69, 9.17) is 0 Å². The number of nitrogens with zero attached hydrogens (tertiary/aromatic N) is 1. The molecule has 6 nitrogen and oxygen atoms in total. The van der Waals surface area contributed by atoms with Crippen LogP contribution in [0.5, 0.6) is 0 Å².